The third-order valence-electron chi connectivity index (χ3n) is 2.60. The molecule has 7 nitrogen and oxygen atoms in total. The van der Waals surface area contributed by atoms with Crippen LogP contribution in [0.5, 0.6) is 0 Å². The van der Waals surface area contributed by atoms with Gasteiger partial charge >= 0.3 is 5.97 Å². The Hall–Kier alpha value is -2.61. The average molecular weight is 308 g/mol. The normalized spacial score (nSPS) is 11.7. The highest BCUT2D eigenvalue weighted by Crippen LogP contribution is 2.24. The topological polar surface area (TPSA) is 109 Å². The standard InChI is InChI=1S/C13H12N2O5S/c1-7(13(18)19)14-10(16)8-4-6-21-12(8)15-11(17)9-3-2-5-20-9/h2-7H,1H3,(H,14,16)(H,15,17)(H,18,19)/t7-/m1/s1. The molecule has 2 heterocycles. The molecule has 0 aliphatic carbocycles. The van der Waals surface area contributed by atoms with Gasteiger partial charge in [0.15, 0.2) is 5.76 Å². The second kappa shape index (κ2) is 6.23. The van der Waals surface area contributed by atoms with E-state index in [1.54, 1.807) is 11.4 Å². The molecule has 0 aliphatic rings. The van der Waals surface area contributed by atoms with Crippen LogP contribution in [0.3, 0.4) is 0 Å². The van der Waals surface area contributed by atoms with Crippen LogP contribution in [-0.4, -0.2) is 28.9 Å². The van der Waals surface area contributed by atoms with Crippen molar-refractivity contribution >= 4 is 34.1 Å². The van der Waals surface area contributed by atoms with E-state index in [4.69, 9.17) is 9.52 Å². The third-order valence-corrected chi connectivity index (χ3v) is 3.43. The molecule has 2 amide bonds. The van der Waals surface area contributed by atoms with Crippen LogP contribution < -0.4 is 10.6 Å². The molecule has 110 valence electrons. The number of aliphatic carboxylic acids is 1. The van der Waals surface area contributed by atoms with E-state index in [2.05, 4.69) is 10.6 Å². The lowest BCUT2D eigenvalue weighted by atomic mass is 10.2. The van der Waals surface area contributed by atoms with Crippen molar-refractivity contribution in [2.75, 3.05) is 5.32 Å². The number of hydrogen-bond acceptors (Lipinski definition) is 5. The summed E-state index contributed by atoms with van der Waals surface area (Å²) in [5.74, 6) is -2.07. The monoisotopic (exact) mass is 308 g/mol. The smallest absolute Gasteiger partial charge is 0.325 e. The van der Waals surface area contributed by atoms with Crippen molar-refractivity contribution in [2.45, 2.75) is 13.0 Å². The second-order valence-electron chi connectivity index (χ2n) is 4.13. The molecule has 1 atom stereocenters. The summed E-state index contributed by atoms with van der Waals surface area (Å²) >= 11 is 1.16. The van der Waals surface area contributed by atoms with Crippen molar-refractivity contribution in [3.63, 3.8) is 0 Å². The molecule has 2 aromatic heterocycles. The van der Waals surface area contributed by atoms with Crippen molar-refractivity contribution in [1.82, 2.24) is 5.32 Å². The van der Waals surface area contributed by atoms with Crippen LogP contribution in [0.25, 0.3) is 0 Å². The number of amides is 2. The Morgan fingerprint density at radius 2 is 2.05 bits per heavy atom. The van der Waals surface area contributed by atoms with Crippen LogP contribution in [0.2, 0.25) is 0 Å². The summed E-state index contributed by atoms with van der Waals surface area (Å²) in [5, 5.41) is 15.6. The van der Waals surface area contributed by atoms with Gasteiger partial charge < -0.3 is 20.2 Å². The lowest BCUT2D eigenvalue weighted by molar-refractivity contribution is -0.138. The molecule has 0 saturated heterocycles. The van der Waals surface area contributed by atoms with E-state index in [1.165, 1.54) is 25.3 Å². The Bertz CT molecular complexity index is 662. The average Bonchev–Trinajstić information content (AvgIpc) is 3.09. The molecule has 21 heavy (non-hydrogen) atoms. The number of nitrogens with one attached hydrogen (secondary N) is 2. The van der Waals surface area contributed by atoms with E-state index in [-0.39, 0.29) is 11.3 Å². The molecule has 3 N–H and O–H groups in total. The van der Waals surface area contributed by atoms with E-state index in [0.717, 1.165) is 11.3 Å². The van der Waals surface area contributed by atoms with Crippen molar-refractivity contribution in [3.05, 3.63) is 41.2 Å². The number of carbonyl (C=O) groups is 3. The maximum Gasteiger partial charge on any atom is 0.325 e. The molecule has 2 rings (SSSR count). The molecule has 2 aromatic rings. The molecule has 0 unspecified atom stereocenters. The minimum atomic E-state index is -1.14. The van der Waals surface area contributed by atoms with E-state index < -0.39 is 23.8 Å². The number of carboxylic acids is 1. The van der Waals surface area contributed by atoms with Crippen LogP contribution in [0.1, 0.15) is 27.8 Å². The van der Waals surface area contributed by atoms with E-state index in [0.29, 0.717) is 5.00 Å². The Morgan fingerprint density at radius 1 is 1.29 bits per heavy atom. The van der Waals surface area contributed by atoms with Gasteiger partial charge in [0.05, 0.1) is 11.8 Å². The summed E-state index contributed by atoms with van der Waals surface area (Å²) < 4.78 is 4.95. The van der Waals surface area contributed by atoms with Crippen LogP contribution in [0, 0.1) is 0 Å². The summed E-state index contributed by atoms with van der Waals surface area (Å²) in [7, 11) is 0. The van der Waals surface area contributed by atoms with Crippen LogP contribution in [-0.2, 0) is 4.79 Å². The van der Waals surface area contributed by atoms with Gasteiger partial charge in [-0.2, -0.15) is 0 Å². The van der Waals surface area contributed by atoms with Gasteiger partial charge in [0, 0.05) is 0 Å². The first-order chi connectivity index (χ1) is 9.99. The van der Waals surface area contributed by atoms with Gasteiger partial charge in [0.1, 0.15) is 11.0 Å². The molecule has 0 aliphatic heterocycles. The minimum absolute atomic E-state index is 0.119. The zero-order valence-corrected chi connectivity index (χ0v) is 11.8. The van der Waals surface area contributed by atoms with Crippen LogP contribution >= 0.6 is 11.3 Å². The highest BCUT2D eigenvalue weighted by Gasteiger charge is 2.20. The fraction of sp³-hybridized carbons (Fsp3) is 0.154. The SMILES string of the molecule is C[C@@H](NC(=O)c1ccsc1NC(=O)c1ccco1)C(=O)O. The van der Waals surface area contributed by atoms with Gasteiger partial charge in [-0.05, 0) is 30.5 Å². The Labute approximate surface area is 123 Å². The summed E-state index contributed by atoms with van der Waals surface area (Å²) in [5.41, 5.74) is 0.202. The number of thiophene rings is 1. The molecular formula is C13H12N2O5S. The first kappa shape index (κ1) is 14.8. The minimum Gasteiger partial charge on any atom is -0.480 e. The molecule has 0 radical (unpaired) electrons. The zero-order chi connectivity index (χ0) is 15.4. The molecule has 0 bridgehead atoms. The van der Waals surface area contributed by atoms with Crippen molar-refractivity contribution in [3.8, 4) is 0 Å². The highest BCUT2D eigenvalue weighted by molar-refractivity contribution is 7.14. The van der Waals surface area contributed by atoms with Crippen LogP contribution in [0.4, 0.5) is 5.00 Å². The summed E-state index contributed by atoms with van der Waals surface area (Å²) in [4.78, 5) is 34.5. The van der Waals surface area contributed by atoms with Gasteiger partial charge in [-0.25, -0.2) is 0 Å². The van der Waals surface area contributed by atoms with Gasteiger partial charge in [-0.1, -0.05) is 0 Å². The molecule has 0 saturated carbocycles. The predicted octanol–water partition coefficient (Wildman–Crippen LogP) is 1.80. The van der Waals surface area contributed by atoms with Crippen LogP contribution in [0.15, 0.2) is 34.3 Å². The zero-order valence-electron chi connectivity index (χ0n) is 11.0. The second-order valence-corrected chi connectivity index (χ2v) is 5.04. The number of anilines is 1. The van der Waals surface area contributed by atoms with E-state index >= 15 is 0 Å². The number of rotatable bonds is 5. The molecule has 8 heteroatoms. The third kappa shape index (κ3) is 3.48. The van der Waals surface area contributed by atoms with Crippen molar-refractivity contribution in [1.29, 1.82) is 0 Å². The number of carboxylic acid groups (broad SMARTS) is 1. The van der Waals surface area contributed by atoms with Gasteiger partial charge in [-0.15, -0.1) is 11.3 Å². The molecule has 0 spiro atoms. The number of furan rings is 1. The molecular weight excluding hydrogens is 296 g/mol. The maximum atomic E-state index is 12.0. The summed E-state index contributed by atoms with van der Waals surface area (Å²) in [6.07, 6.45) is 1.37. The maximum absolute atomic E-state index is 12.0. The lowest BCUT2D eigenvalue weighted by Gasteiger charge is -2.09. The highest BCUT2D eigenvalue weighted by atomic mass is 32.1. The molecule has 0 aromatic carbocycles. The largest absolute Gasteiger partial charge is 0.480 e. The Morgan fingerprint density at radius 3 is 2.67 bits per heavy atom. The first-order valence-corrected chi connectivity index (χ1v) is 6.83. The quantitative estimate of drug-likeness (QED) is 0.780. The van der Waals surface area contributed by atoms with Gasteiger partial charge in [0.2, 0.25) is 0 Å². The predicted molar refractivity (Wildman–Crippen MR) is 75.5 cm³/mol. The van der Waals surface area contributed by atoms with E-state index in [9.17, 15) is 14.4 Å². The molecule has 0 fully saturated rings. The van der Waals surface area contributed by atoms with E-state index in [1.807, 2.05) is 0 Å². The van der Waals surface area contributed by atoms with Crippen molar-refractivity contribution < 1.29 is 23.9 Å². The summed E-state index contributed by atoms with van der Waals surface area (Å²) in [6, 6.07) is 3.55. The van der Waals surface area contributed by atoms with Gasteiger partial charge in [0.25, 0.3) is 11.8 Å². The number of carbonyl (C=O) groups excluding carboxylic acids is 2. The fourth-order valence-corrected chi connectivity index (χ4v) is 2.27. The van der Waals surface area contributed by atoms with Crippen molar-refractivity contribution in [2.24, 2.45) is 0 Å². The van der Waals surface area contributed by atoms with Gasteiger partial charge in [-0.3, -0.25) is 14.4 Å². The first-order valence-electron chi connectivity index (χ1n) is 5.95. The Balaban J connectivity index is 2.10. The Kier molecular flexibility index (Phi) is 4.39. The summed E-state index contributed by atoms with van der Waals surface area (Å²) in [6.45, 7) is 1.35. The lowest BCUT2D eigenvalue weighted by Crippen LogP contribution is -2.38. The number of hydrogen-bond donors (Lipinski definition) is 3. The fourth-order valence-electron chi connectivity index (χ4n) is 1.49.